The third kappa shape index (κ3) is 6.88. The van der Waals surface area contributed by atoms with Crippen LogP contribution in [0, 0.1) is 5.82 Å². The molecule has 0 fully saturated rings. The van der Waals surface area contributed by atoms with Crippen LogP contribution in [0.25, 0.3) is 0 Å². The van der Waals surface area contributed by atoms with Crippen LogP contribution in [0.15, 0.2) is 24.3 Å². The van der Waals surface area contributed by atoms with Crippen LogP contribution in [0.2, 0.25) is 0 Å². The number of hydrogen-bond donors (Lipinski definition) is 1. The quantitative estimate of drug-likeness (QED) is 0.843. The lowest BCUT2D eigenvalue weighted by atomic mass is 10.0. The number of nitrogens with one attached hydrogen (secondary N) is 1. The van der Waals surface area contributed by atoms with Crippen LogP contribution >= 0.6 is 0 Å². The summed E-state index contributed by atoms with van der Waals surface area (Å²) in [6, 6.07) is 5.27. The van der Waals surface area contributed by atoms with E-state index in [-0.39, 0.29) is 24.1 Å². The van der Waals surface area contributed by atoms with Crippen molar-refractivity contribution >= 4 is 11.9 Å². The zero-order valence-electron chi connectivity index (χ0n) is 12.9. The van der Waals surface area contributed by atoms with Crippen LogP contribution in [-0.2, 0) is 4.74 Å². The van der Waals surface area contributed by atoms with Crippen molar-refractivity contribution in [3.05, 3.63) is 35.6 Å². The molecule has 1 aromatic carbocycles. The average Bonchev–Trinajstić information content (AvgIpc) is 2.34. The summed E-state index contributed by atoms with van der Waals surface area (Å²) >= 11 is 0. The number of benzene rings is 1. The van der Waals surface area contributed by atoms with Gasteiger partial charge in [-0.25, -0.2) is 9.18 Å². The third-order valence-electron chi connectivity index (χ3n) is 2.73. The Kier molecular flexibility index (Phi) is 5.88. The minimum atomic E-state index is -0.548. The molecule has 5 heteroatoms. The fourth-order valence-corrected chi connectivity index (χ4v) is 1.71. The monoisotopic (exact) mass is 295 g/mol. The van der Waals surface area contributed by atoms with Crippen molar-refractivity contribution in [3.63, 3.8) is 0 Å². The minimum Gasteiger partial charge on any atom is -0.444 e. The average molecular weight is 295 g/mol. The summed E-state index contributed by atoms with van der Waals surface area (Å²) in [6.07, 6.45) is 0.280. The van der Waals surface area contributed by atoms with E-state index in [4.69, 9.17) is 4.74 Å². The van der Waals surface area contributed by atoms with Crippen molar-refractivity contribution in [2.45, 2.75) is 52.2 Å². The number of ether oxygens (including phenoxy) is 1. The molecule has 0 heterocycles. The lowest BCUT2D eigenvalue weighted by Crippen LogP contribution is -2.37. The van der Waals surface area contributed by atoms with Crippen molar-refractivity contribution in [2.24, 2.45) is 0 Å². The molecule has 0 aliphatic heterocycles. The van der Waals surface area contributed by atoms with Crippen molar-refractivity contribution in [1.82, 2.24) is 5.32 Å². The lowest BCUT2D eigenvalue weighted by molar-refractivity contribution is 0.0504. The molecule has 0 saturated carbocycles. The maximum absolute atomic E-state index is 12.8. The summed E-state index contributed by atoms with van der Waals surface area (Å²) in [5.74, 6) is -0.445. The predicted molar refractivity (Wildman–Crippen MR) is 78.8 cm³/mol. The SMILES string of the molecule is CC(CCC(=O)c1ccc(F)cc1)NC(=O)OC(C)(C)C. The van der Waals surface area contributed by atoms with Gasteiger partial charge >= 0.3 is 6.09 Å². The molecule has 0 radical (unpaired) electrons. The largest absolute Gasteiger partial charge is 0.444 e. The van der Waals surface area contributed by atoms with Crippen LogP contribution < -0.4 is 5.32 Å². The summed E-state index contributed by atoms with van der Waals surface area (Å²) in [4.78, 5) is 23.5. The van der Waals surface area contributed by atoms with E-state index in [2.05, 4.69) is 5.32 Å². The molecule has 1 atom stereocenters. The summed E-state index contributed by atoms with van der Waals surface area (Å²) in [5, 5.41) is 2.68. The Morgan fingerprint density at radius 1 is 1.24 bits per heavy atom. The van der Waals surface area contributed by atoms with Gasteiger partial charge < -0.3 is 10.1 Å². The van der Waals surface area contributed by atoms with Crippen LogP contribution in [0.3, 0.4) is 0 Å². The van der Waals surface area contributed by atoms with Gasteiger partial charge in [0, 0.05) is 18.0 Å². The number of carbonyl (C=O) groups excluding carboxylic acids is 2. The molecule has 1 N–H and O–H groups in total. The predicted octanol–water partition coefficient (Wildman–Crippen LogP) is 3.70. The van der Waals surface area contributed by atoms with Crippen molar-refractivity contribution < 1.29 is 18.7 Å². The van der Waals surface area contributed by atoms with E-state index < -0.39 is 11.7 Å². The Morgan fingerprint density at radius 3 is 2.33 bits per heavy atom. The van der Waals surface area contributed by atoms with Crippen molar-refractivity contribution in [2.75, 3.05) is 0 Å². The number of rotatable bonds is 5. The molecule has 1 unspecified atom stereocenters. The van der Waals surface area contributed by atoms with Crippen LogP contribution in [0.5, 0.6) is 0 Å². The molecule has 0 bridgehead atoms. The molecule has 21 heavy (non-hydrogen) atoms. The van der Waals surface area contributed by atoms with Gasteiger partial charge in [-0.3, -0.25) is 4.79 Å². The Morgan fingerprint density at radius 2 is 1.81 bits per heavy atom. The summed E-state index contributed by atoms with van der Waals surface area (Å²) in [5.41, 5.74) is -0.0749. The summed E-state index contributed by atoms with van der Waals surface area (Å²) < 4.78 is 17.9. The number of alkyl carbamates (subject to hydrolysis) is 1. The molecule has 0 saturated heterocycles. The fraction of sp³-hybridized carbons (Fsp3) is 0.500. The Labute approximate surface area is 124 Å². The minimum absolute atomic E-state index is 0.0761. The van der Waals surface area contributed by atoms with Gasteiger partial charge in [-0.2, -0.15) is 0 Å². The second kappa shape index (κ2) is 7.20. The second-order valence-corrected chi connectivity index (χ2v) is 6.02. The van der Waals surface area contributed by atoms with Gasteiger partial charge in [0.25, 0.3) is 0 Å². The zero-order chi connectivity index (χ0) is 16.0. The standard InChI is InChI=1S/C16H22FNO3/c1-11(18-15(20)21-16(2,3)4)5-10-14(19)12-6-8-13(17)9-7-12/h6-9,11H,5,10H2,1-4H3,(H,18,20). The normalized spacial score (nSPS) is 12.6. The fourth-order valence-electron chi connectivity index (χ4n) is 1.71. The molecular weight excluding hydrogens is 273 g/mol. The van der Waals surface area contributed by atoms with Gasteiger partial charge in [-0.05, 0) is 58.4 Å². The van der Waals surface area contributed by atoms with Crippen LogP contribution in [0.1, 0.15) is 50.9 Å². The van der Waals surface area contributed by atoms with Gasteiger partial charge in [-0.15, -0.1) is 0 Å². The molecule has 0 aromatic heterocycles. The molecule has 0 spiro atoms. The first kappa shape index (κ1) is 17.1. The number of hydrogen-bond acceptors (Lipinski definition) is 3. The van der Waals surface area contributed by atoms with E-state index in [1.54, 1.807) is 20.8 Å². The first-order chi connectivity index (χ1) is 9.67. The van der Waals surface area contributed by atoms with E-state index in [9.17, 15) is 14.0 Å². The van der Waals surface area contributed by atoms with Gasteiger partial charge in [0.1, 0.15) is 11.4 Å². The molecule has 1 amide bonds. The van der Waals surface area contributed by atoms with Gasteiger partial charge in [-0.1, -0.05) is 0 Å². The van der Waals surface area contributed by atoms with Crippen LogP contribution in [0.4, 0.5) is 9.18 Å². The zero-order valence-corrected chi connectivity index (χ0v) is 12.9. The summed E-state index contributed by atoms with van der Waals surface area (Å²) in [7, 11) is 0. The molecule has 1 rings (SSSR count). The Balaban J connectivity index is 2.39. The first-order valence-electron chi connectivity index (χ1n) is 6.95. The lowest BCUT2D eigenvalue weighted by Gasteiger charge is -2.21. The number of halogens is 1. The Hall–Kier alpha value is -1.91. The maximum Gasteiger partial charge on any atom is 0.407 e. The molecule has 116 valence electrons. The number of ketones is 1. The van der Waals surface area contributed by atoms with Gasteiger partial charge in [0.15, 0.2) is 5.78 Å². The topological polar surface area (TPSA) is 55.4 Å². The summed E-state index contributed by atoms with van der Waals surface area (Å²) in [6.45, 7) is 7.17. The van der Waals surface area contributed by atoms with E-state index in [0.29, 0.717) is 12.0 Å². The second-order valence-electron chi connectivity index (χ2n) is 6.02. The highest BCUT2D eigenvalue weighted by Crippen LogP contribution is 2.10. The number of Topliss-reactive ketones (excluding diaryl/α,β-unsaturated/α-hetero) is 1. The van der Waals surface area contributed by atoms with E-state index in [1.165, 1.54) is 24.3 Å². The maximum atomic E-state index is 12.8. The first-order valence-corrected chi connectivity index (χ1v) is 6.95. The highest BCUT2D eigenvalue weighted by atomic mass is 19.1. The molecule has 0 aliphatic carbocycles. The van der Waals surface area contributed by atoms with Crippen LogP contribution in [-0.4, -0.2) is 23.5 Å². The van der Waals surface area contributed by atoms with Gasteiger partial charge in [0.05, 0.1) is 0 Å². The molecule has 4 nitrogen and oxygen atoms in total. The molecule has 0 aliphatic rings. The Bertz CT molecular complexity index is 491. The highest BCUT2D eigenvalue weighted by Gasteiger charge is 2.18. The van der Waals surface area contributed by atoms with E-state index >= 15 is 0 Å². The molecule has 1 aromatic rings. The smallest absolute Gasteiger partial charge is 0.407 e. The van der Waals surface area contributed by atoms with E-state index in [1.807, 2.05) is 6.92 Å². The van der Waals surface area contributed by atoms with Gasteiger partial charge in [0.2, 0.25) is 0 Å². The third-order valence-corrected chi connectivity index (χ3v) is 2.73. The number of amides is 1. The van der Waals surface area contributed by atoms with Crippen molar-refractivity contribution in [1.29, 1.82) is 0 Å². The molecular formula is C16H22FNO3. The van der Waals surface area contributed by atoms with E-state index in [0.717, 1.165) is 0 Å². The van der Waals surface area contributed by atoms with Crippen molar-refractivity contribution in [3.8, 4) is 0 Å². The highest BCUT2D eigenvalue weighted by molar-refractivity contribution is 5.96. The number of carbonyl (C=O) groups is 2.